The number of hydrogen-bond acceptors (Lipinski definition) is 2. The number of benzene rings is 1. The second-order valence-electron chi connectivity index (χ2n) is 5.74. The summed E-state index contributed by atoms with van der Waals surface area (Å²) in [7, 11) is 0. The maximum Gasteiger partial charge on any atom is 0.115 e. The number of H-pyrrole nitrogens is 1. The monoisotopic (exact) mass is 256 g/mol. The topological polar surface area (TPSA) is 48.9 Å². The van der Waals surface area contributed by atoms with Gasteiger partial charge in [0.05, 0.1) is 23.9 Å². The summed E-state index contributed by atoms with van der Waals surface area (Å²) < 4.78 is 0. The summed E-state index contributed by atoms with van der Waals surface area (Å²) in [6.07, 6.45) is 5.13. The first-order valence-electron chi connectivity index (χ1n) is 6.89. The van der Waals surface area contributed by atoms with Gasteiger partial charge >= 0.3 is 0 Å². The van der Waals surface area contributed by atoms with Crippen molar-refractivity contribution >= 4 is 0 Å². The smallest absolute Gasteiger partial charge is 0.115 e. The van der Waals surface area contributed by atoms with Gasteiger partial charge in [-0.2, -0.15) is 0 Å². The first-order valence-corrected chi connectivity index (χ1v) is 6.89. The second-order valence-corrected chi connectivity index (χ2v) is 5.74. The first kappa shape index (κ1) is 12.4. The Morgan fingerprint density at radius 3 is 2.63 bits per heavy atom. The third-order valence-electron chi connectivity index (χ3n) is 4.51. The molecule has 0 unspecified atom stereocenters. The zero-order chi connectivity index (χ0) is 13.5. The summed E-state index contributed by atoms with van der Waals surface area (Å²) in [4.78, 5) is 7.89. The van der Waals surface area contributed by atoms with Crippen LogP contribution in [-0.4, -0.2) is 21.7 Å². The van der Waals surface area contributed by atoms with Crippen LogP contribution in [-0.2, 0) is 5.41 Å². The van der Waals surface area contributed by atoms with E-state index in [4.69, 9.17) is 0 Å². The van der Waals surface area contributed by atoms with Crippen LogP contribution in [0.15, 0.2) is 24.4 Å². The molecule has 1 heterocycles. The lowest BCUT2D eigenvalue weighted by Crippen LogP contribution is -2.39. The van der Waals surface area contributed by atoms with E-state index < -0.39 is 0 Å². The van der Waals surface area contributed by atoms with E-state index in [9.17, 15) is 5.11 Å². The van der Waals surface area contributed by atoms with E-state index in [0.29, 0.717) is 0 Å². The lowest BCUT2D eigenvalue weighted by atomic mass is 9.69. The van der Waals surface area contributed by atoms with Crippen LogP contribution in [0, 0.1) is 13.8 Å². The number of aryl methyl sites for hydroxylation is 2. The fourth-order valence-corrected chi connectivity index (χ4v) is 2.72. The minimum absolute atomic E-state index is 0.113. The average molecular weight is 256 g/mol. The van der Waals surface area contributed by atoms with Crippen molar-refractivity contribution in [2.45, 2.75) is 38.5 Å². The Balaban J connectivity index is 1.94. The second kappa shape index (κ2) is 4.49. The molecule has 0 amide bonds. The summed E-state index contributed by atoms with van der Waals surface area (Å²) in [5.74, 6) is 0.939. The molecule has 3 rings (SSSR count). The third-order valence-corrected chi connectivity index (χ3v) is 4.51. The number of rotatable bonds is 3. The molecule has 3 heteroatoms. The van der Waals surface area contributed by atoms with Gasteiger partial charge < -0.3 is 10.1 Å². The Morgan fingerprint density at radius 1 is 1.26 bits per heavy atom. The number of aliphatic hydroxyl groups is 1. The number of aromatic amines is 1. The Kier molecular flexibility index (Phi) is 2.94. The highest BCUT2D eigenvalue weighted by molar-refractivity contribution is 5.60. The third kappa shape index (κ3) is 1.98. The van der Waals surface area contributed by atoms with Crippen molar-refractivity contribution in [3.05, 3.63) is 41.3 Å². The SMILES string of the molecule is Cc1ccc(-c2cnc(C3(CO)CCC3)[nH]2)cc1C. The molecule has 0 bridgehead atoms. The van der Waals surface area contributed by atoms with Gasteiger partial charge in [0.25, 0.3) is 0 Å². The van der Waals surface area contributed by atoms with Crippen molar-refractivity contribution in [3.8, 4) is 11.3 Å². The number of aliphatic hydroxyl groups excluding tert-OH is 1. The Morgan fingerprint density at radius 2 is 2.05 bits per heavy atom. The van der Waals surface area contributed by atoms with Crippen LogP contribution in [0.5, 0.6) is 0 Å². The highest BCUT2D eigenvalue weighted by atomic mass is 16.3. The van der Waals surface area contributed by atoms with Gasteiger partial charge in [-0.1, -0.05) is 18.6 Å². The number of nitrogens with one attached hydrogen (secondary N) is 1. The highest BCUT2D eigenvalue weighted by Gasteiger charge is 2.40. The van der Waals surface area contributed by atoms with Crippen molar-refractivity contribution in [2.24, 2.45) is 0 Å². The molecule has 1 aliphatic carbocycles. The summed E-state index contributed by atoms with van der Waals surface area (Å²) >= 11 is 0. The molecule has 0 atom stereocenters. The van der Waals surface area contributed by atoms with Crippen molar-refractivity contribution in [3.63, 3.8) is 0 Å². The fraction of sp³-hybridized carbons (Fsp3) is 0.438. The van der Waals surface area contributed by atoms with Crippen LogP contribution in [0.25, 0.3) is 11.3 Å². The molecule has 1 aromatic heterocycles. The number of aromatic nitrogens is 2. The molecular formula is C16H20N2O. The van der Waals surface area contributed by atoms with E-state index in [1.165, 1.54) is 17.5 Å². The summed E-state index contributed by atoms with van der Waals surface area (Å²) in [6.45, 7) is 4.43. The normalized spacial score (nSPS) is 17.2. The van der Waals surface area contributed by atoms with E-state index in [0.717, 1.165) is 29.9 Å². The van der Waals surface area contributed by atoms with Gasteiger partial charge in [0.15, 0.2) is 0 Å². The van der Waals surface area contributed by atoms with E-state index in [1.54, 1.807) is 0 Å². The maximum atomic E-state index is 9.59. The fourth-order valence-electron chi connectivity index (χ4n) is 2.72. The lowest BCUT2D eigenvalue weighted by Gasteiger charge is -2.38. The van der Waals surface area contributed by atoms with Crippen LogP contribution in [0.4, 0.5) is 0 Å². The lowest BCUT2D eigenvalue weighted by molar-refractivity contribution is 0.113. The molecule has 0 aliphatic heterocycles. The van der Waals surface area contributed by atoms with Gasteiger partial charge in [-0.25, -0.2) is 4.98 Å². The molecule has 1 aromatic carbocycles. The Hall–Kier alpha value is -1.61. The molecule has 1 saturated carbocycles. The summed E-state index contributed by atoms with van der Waals surface area (Å²) in [5, 5.41) is 9.59. The standard InChI is InChI=1S/C16H20N2O/c1-11-4-5-13(8-12(11)2)14-9-17-15(18-14)16(10-19)6-3-7-16/h4-5,8-9,19H,3,6-7,10H2,1-2H3,(H,17,18). The van der Waals surface area contributed by atoms with Gasteiger partial charge in [0.1, 0.15) is 5.82 Å². The molecule has 0 spiro atoms. The predicted octanol–water partition coefficient (Wildman–Crippen LogP) is 3.11. The molecule has 2 N–H and O–H groups in total. The zero-order valence-electron chi connectivity index (χ0n) is 11.5. The number of hydrogen-bond donors (Lipinski definition) is 2. The van der Waals surface area contributed by atoms with E-state index >= 15 is 0 Å². The number of nitrogens with zero attached hydrogens (tertiary/aromatic N) is 1. The first-order chi connectivity index (χ1) is 9.14. The minimum atomic E-state index is -0.113. The van der Waals surface area contributed by atoms with Gasteiger partial charge in [-0.15, -0.1) is 0 Å². The molecule has 0 saturated heterocycles. The molecule has 100 valence electrons. The molecule has 3 nitrogen and oxygen atoms in total. The van der Waals surface area contributed by atoms with Crippen molar-refractivity contribution in [2.75, 3.05) is 6.61 Å². The molecule has 0 radical (unpaired) electrons. The van der Waals surface area contributed by atoms with Gasteiger partial charge in [0, 0.05) is 0 Å². The minimum Gasteiger partial charge on any atom is -0.395 e. The van der Waals surface area contributed by atoms with Crippen molar-refractivity contribution < 1.29 is 5.11 Å². The van der Waals surface area contributed by atoms with Crippen LogP contribution < -0.4 is 0 Å². The van der Waals surface area contributed by atoms with Gasteiger partial charge in [-0.05, 0) is 49.4 Å². The molecule has 1 fully saturated rings. The highest BCUT2D eigenvalue weighted by Crippen LogP contribution is 2.42. The molecule has 19 heavy (non-hydrogen) atoms. The zero-order valence-corrected chi connectivity index (χ0v) is 11.5. The number of imidazole rings is 1. The molecular weight excluding hydrogens is 236 g/mol. The van der Waals surface area contributed by atoms with Crippen molar-refractivity contribution in [1.29, 1.82) is 0 Å². The van der Waals surface area contributed by atoms with E-state index in [1.807, 2.05) is 6.20 Å². The van der Waals surface area contributed by atoms with E-state index in [2.05, 4.69) is 42.0 Å². The largest absolute Gasteiger partial charge is 0.395 e. The van der Waals surface area contributed by atoms with Crippen LogP contribution in [0.2, 0.25) is 0 Å². The summed E-state index contributed by atoms with van der Waals surface area (Å²) in [5.41, 5.74) is 4.67. The maximum absolute atomic E-state index is 9.59. The quantitative estimate of drug-likeness (QED) is 0.886. The van der Waals surface area contributed by atoms with Crippen LogP contribution in [0.1, 0.15) is 36.2 Å². The summed E-state index contributed by atoms with van der Waals surface area (Å²) in [6, 6.07) is 6.43. The van der Waals surface area contributed by atoms with Crippen LogP contribution in [0.3, 0.4) is 0 Å². The van der Waals surface area contributed by atoms with Gasteiger partial charge in [-0.3, -0.25) is 0 Å². The Bertz CT molecular complexity index is 591. The average Bonchev–Trinajstić information content (AvgIpc) is 2.82. The van der Waals surface area contributed by atoms with Crippen LogP contribution >= 0.6 is 0 Å². The van der Waals surface area contributed by atoms with Gasteiger partial charge in [0.2, 0.25) is 0 Å². The molecule has 2 aromatic rings. The predicted molar refractivity (Wildman–Crippen MR) is 76.1 cm³/mol. The van der Waals surface area contributed by atoms with E-state index in [-0.39, 0.29) is 12.0 Å². The van der Waals surface area contributed by atoms with Crippen molar-refractivity contribution in [1.82, 2.24) is 9.97 Å². The Labute approximate surface area is 113 Å². The molecule has 1 aliphatic rings.